The molecule has 0 radical (unpaired) electrons. The molecule has 3 aliphatic carbocycles. The van der Waals surface area contributed by atoms with Crippen LogP contribution in [0.15, 0.2) is 18.2 Å². The third-order valence-corrected chi connectivity index (χ3v) is 6.04. The summed E-state index contributed by atoms with van der Waals surface area (Å²) in [5.74, 6) is 0. The summed E-state index contributed by atoms with van der Waals surface area (Å²) in [6, 6.07) is 7.02. The molecule has 2 bridgehead atoms. The number of hydrogen-bond acceptors (Lipinski definition) is 1. The lowest BCUT2D eigenvalue weighted by Gasteiger charge is -2.54. The van der Waals surface area contributed by atoms with Gasteiger partial charge in [0.25, 0.3) is 0 Å². The number of rotatable bonds is 3. The summed E-state index contributed by atoms with van der Waals surface area (Å²) >= 11 is 0. The number of benzene rings is 1. The van der Waals surface area contributed by atoms with E-state index in [1.165, 1.54) is 56.1 Å². The van der Waals surface area contributed by atoms with E-state index in [1.807, 2.05) is 0 Å². The van der Waals surface area contributed by atoms with Crippen LogP contribution >= 0.6 is 0 Å². The Kier molecular flexibility index (Phi) is 3.21. The van der Waals surface area contributed by atoms with E-state index >= 15 is 0 Å². The highest BCUT2D eigenvalue weighted by molar-refractivity contribution is 5.38. The monoisotopic (exact) mass is 257 g/mol. The average molecular weight is 257 g/mol. The smallest absolute Gasteiger partial charge is 0.00436 e. The third-order valence-electron chi connectivity index (χ3n) is 6.04. The van der Waals surface area contributed by atoms with Gasteiger partial charge in [0.2, 0.25) is 0 Å². The third kappa shape index (κ3) is 2.12. The summed E-state index contributed by atoms with van der Waals surface area (Å²) in [4.78, 5) is 0. The molecule has 0 saturated heterocycles. The molecule has 0 heterocycles. The van der Waals surface area contributed by atoms with E-state index in [2.05, 4.69) is 32.0 Å². The molecule has 2 N–H and O–H groups in total. The van der Waals surface area contributed by atoms with E-state index in [0.717, 1.165) is 6.54 Å². The molecule has 0 aliphatic heterocycles. The maximum absolute atomic E-state index is 5.83. The van der Waals surface area contributed by atoms with Gasteiger partial charge >= 0.3 is 0 Å². The van der Waals surface area contributed by atoms with Crippen LogP contribution in [-0.2, 0) is 5.41 Å². The van der Waals surface area contributed by atoms with Crippen molar-refractivity contribution >= 4 is 0 Å². The highest BCUT2D eigenvalue weighted by Gasteiger charge is 2.49. The van der Waals surface area contributed by atoms with Crippen molar-refractivity contribution in [2.75, 3.05) is 6.54 Å². The zero-order valence-corrected chi connectivity index (χ0v) is 12.5. The lowest BCUT2D eigenvalue weighted by Crippen LogP contribution is -2.45. The second-order valence-corrected chi connectivity index (χ2v) is 7.14. The van der Waals surface area contributed by atoms with E-state index < -0.39 is 0 Å². The topological polar surface area (TPSA) is 26.0 Å². The fourth-order valence-corrected chi connectivity index (χ4v) is 4.66. The predicted molar refractivity (Wildman–Crippen MR) is 81.4 cm³/mol. The average Bonchev–Trinajstić information content (AvgIpc) is 2.44. The van der Waals surface area contributed by atoms with Crippen molar-refractivity contribution in [2.24, 2.45) is 11.1 Å². The van der Waals surface area contributed by atoms with Crippen molar-refractivity contribution in [1.29, 1.82) is 0 Å². The van der Waals surface area contributed by atoms with E-state index in [1.54, 1.807) is 5.56 Å². The van der Waals surface area contributed by atoms with Crippen molar-refractivity contribution in [3.63, 3.8) is 0 Å². The van der Waals surface area contributed by atoms with Gasteiger partial charge in [0.05, 0.1) is 0 Å². The molecule has 3 fully saturated rings. The van der Waals surface area contributed by atoms with Crippen LogP contribution in [0.4, 0.5) is 0 Å². The molecular weight excluding hydrogens is 230 g/mol. The molecule has 104 valence electrons. The lowest BCUT2D eigenvalue weighted by molar-refractivity contribution is 0.0343. The van der Waals surface area contributed by atoms with E-state index in [0.29, 0.717) is 10.8 Å². The molecule has 0 amide bonds. The summed E-state index contributed by atoms with van der Waals surface area (Å²) in [5, 5.41) is 0. The van der Waals surface area contributed by atoms with Crippen LogP contribution < -0.4 is 5.73 Å². The molecule has 1 heteroatoms. The van der Waals surface area contributed by atoms with Gasteiger partial charge in [-0.15, -0.1) is 0 Å². The highest BCUT2D eigenvalue weighted by Crippen LogP contribution is 2.59. The van der Waals surface area contributed by atoms with Crippen LogP contribution in [0, 0.1) is 19.3 Å². The Morgan fingerprint density at radius 1 is 1.00 bits per heavy atom. The van der Waals surface area contributed by atoms with Crippen molar-refractivity contribution < 1.29 is 0 Å². The maximum Gasteiger partial charge on any atom is -0.00436 e. The number of aryl methyl sites for hydroxylation is 2. The summed E-state index contributed by atoms with van der Waals surface area (Å²) in [6.07, 6.45) is 9.61. The summed E-state index contributed by atoms with van der Waals surface area (Å²) in [5.41, 5.74) is 11.5. The van der Waals surface area contributed by atoms with Crippen molar-refractivity contribution in [3.8, 4) is 0 Å². The van der Waals surface area contributed by atoms with Gasteiger partial charge in [0.1, 0.15) is 0 Å². The number of hydrogen-bond donors (Lipinski definition) is 1. The minimum absolute atomic E-state index is 0.493. The zero-order valence-electron chi connectivity index (χ0n) is 12.5. The summed E-state index contributed by atoms with van der Waals surface area (Å²) < 4.78 is 0. The van der Waals surface area contributed by atoms with Gasteiger partial charge in [-0.2, -0.15) is 0 Å². The first-order valence-corrected chi connectivity index (χ1v) is 7.87. The second kappa shape index (κ2) is 4.63. The van der Waals surface area contributed by atoms with Gasteiger partial charge in [0, 0.05) is 0 Å². The first kappa shape index (κ1) is 13.2. The van der Waals surface area contributed by atoms with Gasteiger partial charge in [-0.3, -0.25) is 0 Å². The number of fused-ring (bicyclic) bond motifs is 3. The minimum Gasteiger partial charge on any atom is -0.330 e. The molecule has 3 saturated carbocycles. The van der Waals surface area contributed by atoms with Crippen LogP contribution in [0.1, 0.15) is 61.6 Å². The van der Waals surface area contributed by atoms with E-state index in [9.17, 15) is 0 Å². The molecule has 4 rings (SSSR count). The maximum atomic E-state index is 5.83. The Hall–Kier alpha value is -0.820. The Balaban J connectivity index is 1.89. The molecule has 0 atom stereocenters. The van der Waals surface area contributed by atoms with Crippen molar-refractivity contribution in [1.82, 2.24) is 0 Å². The Morgan fingerprint density at radius 2 is 1.63 bits per heavy atom. The van der Waals surface area contributed by atoms with Crippen molar-refractivity contribution in [3.05, 3.63) is 34.9 Å². The standard InChI is InChI=1S/C18H27N/c1-14-3-4-15(2)16(13-14)18-8-5-17(6-9-18,7-10-18)11-12-19/h3-4,13H,5-12,19H2,1-2H3. The first-order chi connectivity index (χ1) is 9.09. The Bertz CT molecular complexity index is 450. The van der Waals surface area contributed by atoms with Crippen LogP contribution in [0.2, 0.25) is 0 Å². The highest BCUT2D eigenvalue weighted by atomic mass is 14.6. The predicted octanol–water partition coefficient (Wildman–Crippen LogP) is 4.24. The fraction of sp³-hybridized carbons (Fsp3) is 0.667. The van der Waals surface area contributed by atoms with Crippen LogP contribution in [0.3, 0.4) is 0 Å². The summed E-state index contributed by atoms with van der Waals surface area (Å²) in [7, 11) is 0. The molecule has 3 aliphatic rings. The lowest BCUT2D eigenvalue weighted by atomic mass is 9.50. The van der Waals surface area contributed by atoms with Gasteiger partial charge in [-0.1, -0.05) is 23.8 Å². The molecule has 1 nitrogen and oxygen atoms in total. The van der Waals surface area contributed by atoms with Gasteiger partial charge in [-0.05, 0) is 87.3 Å². The fourth-order valence-electron chi connectivity index (χ4n) is 4.66. The summed E-state index contributed by atoms with van der Waals surface area (Å²) in [6.45, 7) is 5.39. The first-order valence-electron chi connectivity index (χ1n) is 7.87. The van der Waals surface area contributed by atoms with E-state index in [-0.39, 0.29) is 0 Å². The van der Waals surface area contributed by atoms with Crippen LogP contribution in [-0.4, -0.2) is 6.54 Å². The quantitative estimate of drug-likeness (QED) is 0.861. The minimum atomic E-state index is 0.493. The SMILES string of the molecule is Cc1ccc(C)c(C23CCC(CCN)(CC2)CC3)c1. The zero-order chi connectivity index (χ0) is 13.5. The molecular formula is C18H27N. The van der Waals surface area contributed by atoms with Crippen LogP contribution in [0.25, 0.3) is 0 Å². The molecule has 1 aromatic carbocycles. The molecule has 0 aromatic heterocycles. The second-order valence-electron chi connectivity index (χ2n) is 7.14. The number of nitrogens with two attached hydrogens (primary N) is 1. The van der Waals surface area contributed by atoms with Crippen LogP contribution in [0.5, 0.6) is 0 Å². The van der Waals surface area contributed by atoms with Gasteiger partial charge < -0.3 is 5.73 Å². The largest absolute Gasteiger partial charge is 0.330 e. The molecule has 19 heavy (non-hydrogen) atoms. The van der Waals surface area contributed by atoms with Gasteiger partial charge in [-0.25, -0.2) is 0 Å². The molecule has 0 unspecified atom stereocenters. The molecule has 1 aromatic rings. The molecule has 0 spiro atoms. The normalized spacial score (nSPS) is 33.6. The Labute approximate surface area is 117 Å². The van der Waals surface area contributed by atoms with Gasteiger partial charge in [0.15, 0.2) is 0 Å². The Morgan fingerprint density at radius 3 is 2.21 bits per heavy atom. The van der Waals surface area contributed by atoms with E-state index in [4.69, 9.17) is 5.73 Å². The van der Waals surface area contributed by atoms with Crippen molar-refractivity contribution in [2.45, 2.75) is 64.2 Å².